The highest BCUT2D eigenvalue weighted by Gasteiger charge is 2.17. The Morgan fingerprint density at radius 1 is 1.50 bits per heavy atom. The number of halogens is 2. The van der Waals surface area contributed by atoms with Gasteiger partial charge in [-0.1, -0.05) is 12.1 Å². The lowest BCUT2D eigenvalue weighted by Crippen LogP contribution is -2.45. The Morgan fingerprint density at radius 3 is 2.93 bits per heavy atom. The molecule has 0 radical (unpaired) electrons. The van der Waals surface area contributed by atoms with Crippen LogP contribution in [0.25, 0.3) is 0 Å². The second-order valence-electron chi connectivity index (χ2n) is 3.33. The van der Waals surface area contributed by atoms with Crippen LogP contribution in [0.2, 0.25) is 0 Å². The average Bonchev–Trinajstić information content (AvgIpc) is 2.09. The summed E-state index contributed by atoms with van der Waals surface area (Å²) in [5, 5.41) is 3.28. The lowest BCUT2D eigenvalue weighted by atomic mass is 10.2. The summed E-state index contributed by atoms with van der Waals surface area (Å²) in [4.78, 5) is 0. The van der Waals surface area contributed by atoms with Crippen LogP contribution in [0.4, 0.5) is 4.39 Å². The average molecular weight is 260 g/mol. The van der Waals surface area contributed by atoms with Gasteiger partial charge < -0.3 is 10.1 Å². The molecule has 1 aromatic rings. The molecule has 0 unspecified atom stereocenters. The number of ether oxygens (including phenoxy) is 1. The van der Waals surface area contributed by atoms with E-state index in [-0.39, 0.29) is 5.82 Å². The molecule has 0 atom stereocenters. The van der Waals surface area contributed by atoms with Crippen LogP contribution in [-0.2, 0) is 11.3 Å². The molecule has 1 aromatic carbocycles. The molecule has 0 aliphatic carbocycles. The summed E-state index contributed by atoms with van der Waals surface area (Å²) in [7, 11) is 0. The second kappa shape index (κ2) is 4.38. The molecule has 0 spiro atoms. The maximum atomic E-state index is 13.1. The third-order valence-corrected chi connectivity index (χ3v) is 3.14. The van der Waals surface area contributed by atoms with Crippen LogP contribution in [0.3, 0.4) is 0 Å². The number of hydrogen-bond donors (Lipinski definition) is 1. The molecule has 1 heterocycles. The van der Waals surface area contributed by atoms with Crippen molar-refractivity contribution in [1.82, 2.24) is 5.32 Å². The summed E-state index contributed by atoms with van der Waals surface area (Å²) >= 11 is 3.22. The predicted molar refractivity (Wildman–Crippen MR) is 55.5 cm³/mol. The SMILES string of the molecule is Fc1cccc(CNC2COC2)c1Br. The fourth-order valence-electron chi connectivity index (χ4n) is 1.29. The van der Waals surface area contributed by atoms with Crippen molar-refractivity contribution in [3.63, 3.8) is 0 Å². The first-order valence-corrected chi connectivity index (χ1v) is 5.30. The lowest BCUT2D eigenvalue weighted by Gasteiger charge is -2.27. The molecule has 14 heavy (non-hydrogen) atoms. The zero-order valence-corrected chi connectivity index (χ0v) is 9.18. The number of rotatable bonds is 3. The molecular weight excluding hydrogens is 249 g/mol. The smallest absolute Gasteiger partial charge is 0.137 e. The van der Waals surface area contributed by atoms with Crippen molar-refractivity contribution in [3.05, 3.63) is 34.1 Å². The third kappa shape index (κ3) is 2.13. The van der Waals surface area contributed by atoms with E-state index in [0.717, 1.165) is 18.8 Å². The first kappa shape index (κ1) is 10.1. The van der Waals surface area contributed by atoms with E-state index < -0.39 is 0 Å². The van der Waals surface area contributed by atoms with Gasteiger partial charge in [-0.2, -0.15) is 0 Å². The Bertz CT molecular complexity index is 328. The van der Waals surface area contributed by atoms with Gasteiger partial charge in [0.05, 0.1) is 23.7 Å². The molecule has 0 bridgehead atoms. The fraction of sp³-hybridized carbons (Fsp3) is 0.400. The van der Waals surface area contributed by atoms with Crippen molar-refractivity contribution in [1.29, 1.82) is 0 Å². The van der Waals surface area contributed by atoms with E-state index in [1.165, 1.54) is 6.07 Å². The molecule has 1 saturated heterocycles. The topological polar surface area (TPSA) is 21.3 Å². The highest BCUT2D eigenvalue weighted by molar-refractivity contribution is 9.10. The van der Waals surface area contributed by atoms with Gasteiger partial charge in [0.2, 0.25) is 0 Å². The van der Waals surface area contributed by atoms with Crippen LogP contribution in [0, 0.1) is 5.82 Å². The molecule has 2 nitrogen and oxygen atoms in total. The first-order valence-electron chi connectivity index (χ1n) is 4.51. The van der Waals surface area contributed by atoms with Crippen LogP contribution in [0.1, 0.15) is 5.56 Å². The molecule has 1 N–H and O–H groups in total. The number of benzene rings is 1. The summed E-state index contributed by atoms with van der Waals surface area (Å²) in [6, 6.07) is 5.49. The predicted octanol–water partition coefficient (Wildman–Crippen LogP) is 2.08. The van der Waals surface area contributed by atoms with Gasteiger partial charge in [-0.15, -0.1) is 0 Å². The van der Waals surface area contributed by atoms with E-state index in [0.29, 0.717) is 17.1 Å². The molecule has 0 saturated carbocycles. The second-order valence-corrected chi connectivity index (χ2v) is 4.12. The quantitative estimate of drug-likeness (QED) is 0.898. The standard InChI is InChI=1S/C10H11BrFNO/c11-10-7(2-1-3-9(10)12)4-13-8-5-14-6-8/h1-3,8,13H,4-6H2. The van der Waals surface area contributed by atoms with Gasteiger partial charge in [0.25, 0.3) is 0 Å². The Hall–Kier alpha value is -0.450. The lowest BCUT2D eigenvalue weighted by molar-refractivity contribution is -0.00581. The van der Waals surface area contributed by atoms with Crippen molar-refractivity contribution in [3.8, 4) is 0 Å². The normalized spacial score (nSPS) is 16.7. The summed E-state index contributed by atoms with van der Waals surface area (Å²) in [6.45, 7) is 2.19. The molecule has 0 aromatic heterocycles. The van der Waals surface area contributed by atoms with Crippen LogP contribution >= 0.6 is 15.9 Å². The molecule has 1 aliphatic rings. The molecule has 1 fully saturated rings. The maximum Gasteiger partial charge on any atom is 0.137 e. The van der Waals surface area contributed by atoms with E-state index >= 15 is 0 Å². The van der Waals surface area contributed by atoms with Crippen LogP contribution < -0.4 is 5.32 Å². The monoisotopic (exact) mass is 259 g/mol. The van der Waals surface area contributed by atoms with Gasteiger partial charge in [0.15, 0.2) is 0 Å². The van der Waals surface area contributed by atoms with E-state index in [2.05, 4.69) is 21.2 Å². The largest absolute Gasteiger partial charge is 0.378 e. The van der Waals surface area contributed by atoms with Crippen molar-refractivity contribution >= 4 is 15.9 Å². The van der Waals surface area contributed by atoms with Gasteiger partial charge in [-0.05, 0) is 27.6 Å². The molecular formula is C10H11BrFNO. The minimum absolute atomic E-state index is 0.214. The summed E-state index contributed by atoms with van der Waals surface area (Å²) in [5.41, 5.74) is 0.942. The molecule has 1 aliphatic heterocycles. The van der Waals surface area contributed by atoms with Crippen LogP contribution in [-0.4, -0.2) is 19.3 Å². The first-order chi connectivity index (χ1) is 6.77. The Morgan fingerprint density at radius 2 is 2.29 bits per heavy atom. The van der Waals surface area contributed by atoms with Crippen LogP contribution in [0.15, 0.2) is 22.7 Å². The zero-order chi connectivity index (χ0) is 9.97. The Balaban J connectivity index is 1.97. The van der Waals surface area contributed by atoms with Crippen molar-refractivity contribution < 1.29 is 9.13 Å². The van der Waals surface area contributed by atoms with Gasteiger partial charge in [-0.3, -0.25) is 0 Å². The van der Waals surface area contributed by atoms with E-state index in [1.54, 1.807) is 6.07 Å². The number of hydrogen-bond acceptors (Lipinski definition) is 2. The minimum atomic E-state index is -0.214. The summed E-state index contributed by atoms with van der Waals surface area (Å²) in [5.74, 6) is -0.214. The molecule has 0 amide bonds. The van der Waals surface area contributed by atoms with Crippen molar-refractivity contribution in [2.45, 2.75) is 12.6 Å². The van der Waals surface area contributed by atoms with Crippen molar-refractivity contribution in [2.75, 3.05) is 13.2 Å². The summed E-state index contributed by atoms with van der Waals surface area (Å²) in [6.07, 6.45) is 0. The van der Waals surface area contributed by atoms with E-state index in [4.69, 9.17) is 4.74 Å². The minimum Gasteiger partial charge on any atom is -0.378 e. The molecule has 4 heteroatoms. The van der Waals surface area contributed by atoms with Gasteiger partial charge in [0, 0.05) is 6.54 Å². The highest BCUT2D eigenvalue weighted by atomic mass is 79.9. The molecule has 76 valence electrons. The van der Waals surface area contributed by atoms with E-state index in [1.807, 2.05) is 6.07 Å². The van der Waals surface area contributed by atoms with Gasteiger partial charge in [0.1, 0.15) is 5.82 Å². The highest BCUT2D eigenvalue weighted by Crippen LogP contribution is 2.20. The van der Waals surface area contributed by atoms with Gasteiger partial charge >= 0.3 is 0 Å². The third-order valence-electron chi connectivity index (χ3n) is 2.25. The zero-order valence-electron chi connectivity index (χ0n) is 7.59. The molecule has 2 rings (SSSR count). The number of nitrogens with one attached hydrogen (secondary N) is 1. The maximum absolute atomic E-state index is 13.1. The van der Waals surface area contributed by atoms with Crippen molar-refractivity contribution in [2.24, 2.45) is 0 Å². The van der Waals surface area contributed by atoms with Gasteiger partial charge in [-0.25, -0.2) is 4.39 Å². The Labute approximate surface area is 90.6 Å². The fourth-order valence-corrected chi connectivity index (χ4v) is 1.70. The Kier molecular flexibility index (Phi) is 3.15. The van der Waals surface area contributed by atoms with Crippen LogP contribution in [0.5, 0.6) is 0 Å². The van der Waals surface area contributed by atoms with E-state index in [9.17, 15) is 4.39 Å². The summed E-state index contributed by atoms with van der Waals surface area (Å²) < 4.78 is 18.7.